The Balaban J connectivity index is 1.43. The summed E-state index contributed by atoms with van der Waals surface area (Å²) in [5, 5.41) is 4.04. The zero-order valence-corrected chi connectivity index (χ0v) is 17.5. The lowest BCUT2D eigenvalue weighted by Gasteiger charge is -2.07. The van der Waals surface area contributed by atoms with Crippen LogP contribution >= 0.6 is 0 Å². The molecule has 2 heterocycles. The SMILES string of the molecule is COC(=O)c1coc(COc2ccc(-c3noc(-c4ccc(OC)c(OC)c4)n3)cc2)n1. The maximum absolute atomic E-state index is 11.4. The summed E-state index contributed by atoms with van der Waals surface area (Å²) in [6.45, 7) is 0.0575. The van der Waals surface area contributed by atoms with Crippen LogP contribution in [0.4, 0.5) is 0 Å². The van der Waals surface area contributed by atoms with Gasteiger partial charge in [0.25, 0.3) is 5.89 Å². The average Bonchev–Trinajstić information content (AvgIpc) is 3.52. The number of aromatic nitrogens is 3. The number of esters is 1. The molecule has 0 unspecified atom stereocenters. The minimum Gasteiger partial charge on any atom is -0.493 e. The van der Waals surface area contributed by atoms with E-state index >= 15 is 0 Å². The highest BCUT2D eigenvalue weighted by Crippen LogP contribution is 2.32. The molecule has 0 atom stereocenters. The average molecular weight is 437 g/mol. The van der Waals surface area contributed by atoms with Crippen LogP contribution in [0.1, 0.15) is 16.4 Å². The second-order valence-corrected chi connectivity index (χ2v) is 6.42. The molecule has 10 heteroatoms. The van der Waals surface area contributed by atoms with Crippen LogP contribution in [0, 0.1) is 0 Å². The molecule has 0 saturated heterocycles. The summed E-state index contributed by atoms with van der Waals surface area (Å²) in [7, 11) is 4.40. The van der Waals surface area contributed by atoms with E-state index < -0.39 is 5.97 Å². The Morgan fingerprint density at radius 3 is 2.41 bits per heavy atom. The van der Waals surface area contributed by atoms with Crippen molar-refractivity contribution in [1.29, 1.82) is 0 Å². The highest BCUT2D eigenvalue weighted by molar-refractivity contribution is 5.86. The van der Waals surface area contributed by atoms with Crippen molar-refractivity contribution in [2.24, 2.45) is 0 Å². The fraction of sp³-hybridized carbons (Fsp3) is 0.182. The molecular formula is C22H19N3O7. The van der Waals surface area contributed by atoms with Gasteiger partial charge < -0.3 is 27.9 Å². The van der Waals surface area contributed by atoms with Gasteiger partial charge in [-0.05, 0) is 42.5 Å². The molecule has 0 aliphatic heterocycles. The van der Waals surface area contributed by atoms with Crippen LogP contribution in [0.5, 0.6) is 17.2 Å². The molecule has 0 fully saturated rings. The van der Waals surface area contributed by atoms with E-state index in [0.717, 1.165) is 5.56 Å². The topological polar surface area (TPSA) is 119 Å². The van der Waals surface area contributed by atoms with Gasteiger partial charge in [0, 0.05) is 11.1 Å². The summed E-state index contributed by atoms with van der Waals surface area (Å²) in [5.74, 6) is 2.22. The molecule has 4 rings (SSSR count). The molecule has 0 radical (unpaired) electrons. The molecule has 32 heavy (non-hydrogen) atoms. The van der Waals surface area contributed by atoms with Crippen molar-refractivity contribution in [3.05, 3.63) is 60.3 Å². The Labute approximate surface area is 182 Å². The van der Waals surface area contributed by atoms with Gasteiger partial charge in [-0.2, -0.15) is 4.98 Å². The first-order valence-electron chi connectivity index (χ1n) is 9.43. The van der Waals surface area contributed by atoms with Crippen LogP contribution in [0.25, 0.3) is 22.8 Å². The van der Waals surface area contributed by atoms with E-state index in [1.54, 1.807) is 50.6 Å². The van der Waals surface area contributed by atoms with Crippen LogP contribution in [-0.4, -0.2) is 42.4 Å². The third-order valence-corrected chi connectivity index (χ3v) is 4.48. The molecule has 10 nitrogen and oxygen atoms in total. The van der Waals surface area contributed by atoms with Gasteiger partial charge >= 0.3 is 5.97 Å². The molecule has 0 saturated carbocycles. The third-order valence-electron chi connectivity index (χ3n) is 4.48. The predicted molar refractivity (Wildman–Crippen MR) is 110 cm³/mol. The number of oxazole rings is 1. The Bertz CT molecular complexity index is 1210. The maximum atomic E-state index is 11.4. The largest absolute Gasteiger partial charge is 0.493 e. The van der Waals surface area contributed by atoms with Gasteiger partial charge in [-0.1, -0.05) is 5.16 Å². The van der Waals surface area contributed by atoms with Crippen molar-refractivity contribution in [2.45, 2.75) is 6.61 Å². The second-order valence-electron chi connectivity index (χ2n) is 6.42. The number of nitrogens with zero attached hydrogens (tertiary/aromatic N) is 3. The lowest BCUT2D eigenvalue weighted by molar-refractivity contribution is 0.0594. The van der Waals surface area contributed by atoms with Gasteiger partial charge in [0.05, 0.1) is 21.3 Å². The lowest BCUT2D eigenvalue weighted by Crippen LogP contribution is -2.02. The number of carbonyl (C=O) groups excluding carboxylic acids is 1. The minimum atomic E-state index is -0.572. The number of carbonyl (C=O) groups is 1. The molecule has 0 amide bonds. The molecule has 164 valence electrons. The number of ether oxygens (including phenoxy) is 4. The van der Waals surface area contributed by atoms with Crippen LogP contribution in [-0.2, 0) is 11.3 Å². The Morgan fingerprint density at radius 1 is 0.938 bits per heavy atom. The third kappa shape index (κ3) is 4.38. The Hall–Kier alpha value is -4.34. The maximum Gasteiger partial charge on any atom is 0.360 e. The molecule has 4 aromatic rings. The summed E-state index contributed by atoms with van der Waals surface area (Å²) in [5.41, 5.74) is 1.54. The molecule has 2 aromatic carbocycles. The van der Waals surface area contributed by atoms with Crippen molar-refractivity contribution in [2.75, 3.05) is 21.3 Å². The molecule has 0 aliphatic rings. The van der Waals surface area contributed by atoms with E-state index in [-0.39, 0.29) is 18.2 Å². The van der Waals surface area contributed by atoms with Crippen molar-refractivity contribution >= 4 is 5.97 Å². The summed E-state index contributed by atoms with van der Waals surface area (Å²) < 4.78 is 31.4. The van der Waals surface area contributed by atoms with Crippen molar-refractivity contribution < 1.29 is 32.7 Å². The van der Waals surface area contributed by atoms with Gasteiger partial charge in [-0.3, -0.25) is 0 Å². The van der Waals surface area contributed by atoms with Gasteiger partial charge in [0.15, 0.2) is 23.8 Å². The number of methoxy groups -OCH3 is 3. The van der Waals surface area contributed by atoms with E-state index in [1.165, 1.54) is 13.4 Å². The molecule has 0 aliphatic carbocycles. The van der Waals surface area contributed by atoms with Gasteiger partial charge in [0.2, 0.25) is 11.7 Å². The first kappa shape index (κ1) is 20.9. The molecular weight excluding hydrogens is 418 g/mol. The Morgan fingerprint density at radius 2 is 1.69 bits per heavy atom. The summed E-state index contributed by atoms with van der Waals surface area (Å²) in [6.07, 6.45) is 1.22. The Kier molecular flexibility index (Phi) is 6.02. The normalized spacial score (nSPS) is 10.6. The van der Waals surface area contributed by atoms with Crippen LogP contribution in [0.3, 0.4) is 0 Å². The highest BCUT2D eigenvalue weighted by Gasteiger charge is 2.15. The fourth-order valence-corrected chi connectivity index (χ4v) is 2.85. The van der Waals surface area contributed by atoms with Gasteiger partial charge in [-0.25, -0.2) is 9.78 Å². The zero-order chi connectivity index (χ0) is 22.5. The predicted octanol–water partition coefficient (Wildman–Crippen LogP) is 3.77. The second kappa shape index (κ2) is 9.21. The smallest absolute Gasteiger partial charge is 0.360 e. The standard InChI is InChI=1S/C22H19N3O7/c1-27-17-9-6-14(10-18(17)28-2)21-24-20(25-32-21)13-4-7-15(8-5-13)30-12-19-23-16(11-31-19)22(26)29-3/h4-11H,12H2,1-3H3. The quantitative estimate of drug-likeness (QED) is 0.377. The van der Waals surface area contributed by atoms with Crippen molar-refractivity contribution in [3.8, 4) is 40.1 Å². The van der Waals surface area contributed by atoms with Crippen LogP contribution in [0.2, 0.25) is 0 Å². The number of hydrogen-bond acceptors (Lipinski definition) is 10. The molecule has 2 aromatic heterocycles. The van der Waals surface area contributed by atoms with Crippen molar-refractivity contribution in [3.63, 3.8) is 0 Å². The molecule has 0 spiro atoms. The lowest BCUT2D eigenvalue weighted by atomic mass is 10.2. The van der Waals surface area contributed by atoms with E-state index in [2.05, 4.69) is 19.9 Å². The summed E-state index contributed by atoms with van der Waals surface area (Å²) >= 11 is 0. The number of rotatable bonds is 8. The first-order chi connectivity index (χ1) is 15.6. The first-order valence-corrected chi connectivity index (χ1v) is 9.43. The summed E-state index contributed by atoms with van der Waals surface area (Å²) in [6, 6.07) is 12.5. The summed E-state index contributed by atoms with van der Waals surface area (Å²) in [4.78, 5) is 19.9. The van der Waals surface area contributed by atoms with Crippen LogP contribution in [0.15, 0.2) is 57.7 Å². The number of benzene rings is 2. The van der Waals surface area contributed by atoms with Crippen LogP contribution < -0.4 is 14.2 Å². The highest BCUT2D eigenvalue weighted by atomic mass is 16.5. The fourth-order valence-electron chi connectivity index (χ4n) is 2.85. The van der Waals surface area contributed by atoms with E-state index in [1.807, 2.05) is 6.07 Å². The minimum absolute atomic E-state index is 0.0575. The van der Waals surface area contributed by atoms with Gasteiger partial charge in [0.1, 0.15) is 12.0 Å². The molecule has 0 bridgehead atoms. The zero-order valence-electron chi connectivity index (χ0n) is 17.5. The monoisotopic (exact) mass is 437 g/mol. The van der Waals surface area contributed by atoms with E-state index in [0.29, 0.717) is 34.5 Å². The van der Waals surface area contributed by atoms with E-state index in [9.17, 15) is 4.79 Å². The van der Waals surface area contributed by atoms with Crippen molar-refractivity contribution in [1.82, 2.24) is 15.1 Å². The molecule has 0 N–H and O–H groups in total. The van der Waals surface area contributed by atoms with Gasteiger partial charge in [-0.15, -0.1) is 0 Å². The van der Waals surface area contributed by atoms with E-state index in [4.69, 9.17) is 23.2 Å². The number of hydrogen-bond donors (Lipinski definition) is 0.